The van der Waals surface area contributed by atoms with Crippen LogP contribution in [0.3, 0.4) is 0 Å². The molecular formula is C18H23IN6. The van der Waals surface area contributed by atoms with Crippen molar-refractivity contribution in [2.24, 2.45) is 4.99 Å². The van der Waals surface area contributed by atoms with Gasteiger partial charge in [0.2, 0.25) is 0 Å². The highest BCUT2D eigenvalue weighted by atomic mass is 127. The Morgan fingerprint density at radius 1 is 1.08 bits per heavy atom. The molecule has 6 nitrogen and oxygen atoms in total. The number of hydrogen-bond acceptors (Lipinski definition) is 2. The molecule has 0 fully saturated rings. The number of halogens is 1. The Kier molecular flexibility index (Phi) is 7.52. The Labute approximate surface area is 165 Å². The summed E-state index contributed by atoms with van der Waals surface area (Å²) in [6.45, 7) is 2.41. The molecule has 0 saturated carbocycles. The van der Waals surface area contributed by atoms with Crippen molar-refractivity contribution in [1.82, 2.24) is 24.8 Å². The first-order valence-corrected chi connectivity index (χ1v) is 7.98. The van der Waals surface area contributed by atoms with Crippen LogP contribution in [-0.4, -0.2) is 33.7 Å². The van der Waals surface area contributed by atoms with Crippen LogP contribution in [0.1, 0.15) is 5.56 Å². The summed E-state index contributed by atoms with van der Waals surface area (Å²) in [5, 5.41) is 6.70. The van der Waals surface area contributed by atoms with E-state index < -0.39 is 0 Å². The highest BCUT2D eigenvalue weighted by molar-refractivity contribution is 14.0. The molecule has 132 valence electrons. The van der Waals surface area contributed by atoms with Crippen LogP contribution in [-0.2, 0) is 13.1 Å². The quantitative estimate of drug-likeness (QED) is 0.345. The van der Waals surface area contributed by atoms with E-state index in [2.05, 4.69) is 49.7 Å². The molecule has 7 heteroatoms. The summed E-state index contributed by atoms with van der Waals surface area (Å²) in [6.07, 6.45) is 9.65. The van der Waals surface area contributed by atoms with E-state index in [9.17, 15) is 0 Å². The molecule has 0 atom stereocenters. The van der Waals surface area contributed by atoms with Crippen LogP contribution in [0, 0.1) is 0 Å². The van der Waals surface area contributed by atoms with Gasteiger partial charge in [-0.05, 0) is 23.8 Å². The van der Waals surface area contributed by atoms with E-state index in [0.29, 0.717) is 6.54 Å². The number of nitrogens with one attached hydrogen (secondary N) is 2. The number of aromatic nitrogens is 3. The Balaban J connectivity index is 0.00000225. The summed E-state index contributed by atoms with van der Waals surface area (Å²) in [4.78, 5) is 8.40. The van der Waals surface area contributed by atoms with Crippen LogP contribution in [0.5, 0.6) is 0 Å². The van der Waals surface area contributed by atoms with E-state index in [0.717, 1.165) is 24.7 Å². The molecule has 0 saturated heterocycles. The number of benzene rings is 1. The number of imidazole rings is 1. The topological polar surface area (TPSA) is 59.2 Å². The van der Waals surface area contributed by atoms with Gasteiger partial charge in [-0.1, -0.05) is 18.2 Å². The minimum atomic E-state index is 0. The number of nitrogens with zero attached hydrogens (tertiary/aromatic N) is 4. The normalized spacial score (nSPS) is 11.0. The summed E-state index contributed by atoms with van der Waals surface area (Å²) in [5.74, 6) is 0.794. The minimum absolute atomic E-state index is 0. The fourth-order valence-electron chi connectivity index (χ4n) is 2.54. The van der Waals surface area contributed by atoms with Crippen molar-refractivity contribution >= 4 is 29.9 Å². The zero-order valence-corrected chi connectivity index (χ0v) is 16.5. The maximum Gasteiger partial charge on any atom is 0.191 e. The van der Waals surface area contributed by atoms with Crippen molar-refractivity contribution in [3.05, 3.63) is 73.1 Å². The van der Waals surface area contributed by atoms with Crippen molar-refractivity contribution in [2.75, 3.05) is 13.6 Å². The van der Waals surface area contributed by atoms with Gasteiger partial charge in [0, 0.05) is 51.5 Å². The van der Waals surface area contributed by atoms with Crippen LogP contribution >= 0.6 is 24.0 Å². The summed E-state index contributed by atoms with van der Waals surface area (Å²) in [6, 6.07) is 12.3. The summed E-state index contributed by atoms with van der Waals surface area (Å²) in [5.41, 5.74) is 2.30. The molecule has 3 aromatic rings. The lowest BCUT2D eigenvalue weighted by atomic mass is 10.1. The van der Waals surface area contributed by atoms with Crippen molar-refractivity contribution < 1.29 is 0 Å². The zero-order valence-electron chi connectivity index (χ0n) is 14.2. The van der Waals surface area contributed by atoms with E-state index >= 15 is 0 Å². The van der Waals surface area contributed by atoms with E-state index in [1.165, 1.54) is 5.56 Å². The Bertz CT molecular complexity index is 765. The molecule has 0 bridgehead atoms. The lowest BCUT2D eigenvalue weighted by Gasteiger charge is -2.14. The van der Waals surface area contributed by atoms with Crippen LogP contribution in [0.25, 0.3) is 5.69 Å². The van der Waals surface area contributed by atoms with Gasteiger partial charge in [-0.3, -0.25) is 4.99 Å². The molecule has 0 aliphatic carbocycles. The SMILES string of the molecule is CN=C(NCCn1cccc1)NCc1ccccc1-n1ccnc1.I. The first-order valence-electron chi connectivity index (χ1n) is 7.98. The molecule has 0 unspecified atom stereocenters. The first-order chi connectivity index (χ1) is 11.9. The fourth-order valence-corrected chi connectivity index (χ4v) is 2.54. The lowest BCUT2D eigenvalue weighted by Crippen LogP contribution is -2.38. The van der Waals surface area contributed by atoms with Gasteiger partial charge in [-0.25, -0.2) is 4.98 Å². The molecule has 0 radical (unpaired) electrons. The fraction of sp³-hybridized carbons (Fsp3) is 0.222. The molecule has 0 aliphatic heterocycles. The molecule has 3 rings (SSSR count). The molecule has 1 aromatic carbocycles. The van der Waals surface area contributed by atoms with Crippen LogP contribution in [0.2, 0.25) is 0 Å². The van der Waals surface area contributed by atoms with E-state index in [4.69, 9.17) is 0 Å². The average molecular weight is 450 g/mol. The molecule has 2 N–H and O–H groups in total. The third-order valence-electron chi connectivity index (χ3n) is 3.77. The van der Waals surface area contributed by atoms with Gasteiger partial charge < -0.3 is 19.8 Å². The average Bonchev–Trinajstić information content (AvgIpc) is 3.32. The molecular weight excluding hydrogens is 427 g/mol. The van der Waals surface area contributed by atoms with Gasteiger partial charge in [-0.2, -0.15) is 0 Å². The van der Waals surface area contributed by atoms with Gasteiger partial charge >= 0.3 is 0 Å². The van der Waals surface area contributed by atoms with E-state index in [-0.39, 0.29) is 24.0 Å². The van der Waals surface area contributed by atoms with Crippen LogP contribution in [0.4, 0.5) is 0 Å². The van der Waals surface area contributed by atoms with Gasteiger partial charge in [0.15, 0.2) is 5.96 Å². The number of rotatable bonds is 6. The van der Waals surface area contributed by atoms with Crippen molar-refractivity contribution in [3.8, 4) is 5.69 Å². The summed E-state index contributed by atoms with van der Waals surface area (Å²) >= 11 is 0. The summed E-state index contributed by atoms with van der Waals surface area (Å²) < 4.78 is 4.15. The lowest BCUT2D eigenvalue weighted by molar-refractivity contribution is 0.665. The van der Waals surface area contributed by atoms with Crippen molar-refractivity contribution in [2.45, 2.75) is 13.1 Å². The Morgan fingerprint density at radius 3 is 2.60 bits per heavy atom. The second-order valence-corrected chi connectivity index (χ2v) is 5.37. The highest BCUT2D eigenvalue weighted by Gasteiger charge is 2.04. The third-order valence-corrected chi connectivity index (χ3v) is 3.77. The van der Waals surface area contributed by atoms with E-state index in [1.54, 1.807) is 13.2 Å². The highest BCUT2D eigenvalue weighted by Crippen LogP contribution is 2.13. The number of aliphatic imine (C=N–C) groups is 1. The van der Waals surface area contributed by atoms with Crippen LogP contribution in [0.15, 0.2) is 72.5 Å². The number of para-hydroxylation sites is 1. The maximum absolute atomic E-state index is 4.28. The smallest absolute Gasteiger partial charge is 0.191 e. The van der Waals surface area contributed by atoms with Crippen LogP contribution < -0.4 is 10.6 Å². The molecule has 2 heterocycles. The summed E-state index contributed by atoms with van der Waals surface area (Å²) in [7, 11) is 1.78. The second-order valence-electron chi connectivity index (χ2n) is 5.37. The second kappa shape index (κ2) is 9.87. The molecule has 2 aromatic heterocycles. The Hall–Kier alpha value is -2.29. The first kappa shape index (κ1) is 19.0. The molecule has 0 spiro atoms. The van der Waals surface area contributed by atoms with Crippen molar-refractivity contribution in [1.29, 1.82) is 0 Å². The maximum atomic E-state index is 4.28. The third kappa shape index (κ3) is 5.35. The van der Waals surface area contributed by atoms with Crippen molar-refractivity contribution in [3.63, 3.8) is 0 Å². The van der Waals surface area contributed by atoms with Gasteiger partial charge in [0.25, 0.3) is 0 Å². The van der Waals surface area contributed by atoms with E-state index in [1.807, 2.05) is 41.4 Å². The predicted octanol–water partition coefficient (Wildman–Crippen LogP) is 2.66. The minimum Gasteiger partial charge on any atom is -0.355 e. The molecule has 0 aliphatic rings. The molecule has 0 amide bonds. The largest absolute Gasteiger partial charge is 0.355 e. The number of hydrogen-bond donors (Lipinski definition) is 2. The molecule has 25 heavy (non-hydrogen) atoms. The van der Waals surface area contributed by atoms with Gasteiger partial charge in [-0.15, -0.1) is 24.0 Å². The number of guanidine groups is 1. The standard InChI is InChI=1S/C18H22N6.HI/c1-19-18(21-9-12-23-10-4-5-11-23)22-14-16-6-2-3-7-17(16)24-13-8-20-15-24;/h2-8,10-11,13,15H,9,12,14H2,1H3,(H2,19,21,22);1H. The van der Waals surface area contributed by atoms with Gasteiger partial charge in [0.1, 0.15) is 0 Å². The monoisotopic (exact) mass is 450 g/mol. The van der Waals surface area contributed by atoms with Gasteiger partial charge in [0.05, 0.1) is 12.0 Å². The Morgan fingerprint density at radius 2 is 1.88 bits per heavy atom. The predicted molar refractivity (Wildman–Crippen MR) is 112 cm³/mol. The zero-order chi connectivity index (χ0) is 16.6.